The van der Waals surface area contributed by atoms with Crippen molar-refractivity contribution in [3.63, 3.8) is 0 Å². The van der Waals surface area contributed by atoms with Crippen molar-refractivity contribution in [1.29, 1.82) is 0 Å². The normalized spacial score (nSPS) is 11.5. The van der Waals surface area contributed by atoms with E-state index in [1.165, 1.54) is 6.07 Å². The minimum absolute atomic E-state index is 0.351. The Bertz CT molecular complexity index is 375. The monoisotopic (exact) mass is 286 g/mol. The third-order valence-electron chi connectivity index (χ3n) is 1.43. The maximum absolute atomic E-state index is 13.0. The van der Waals surface area contributed by atoms with Crippen LogP contribution < -0.4 is 0 Å². The molecule has 1 nitrogen and oxygen atoms in total. The Labute approximate surface area is 91.0 Å². The molecule has 0 saturated heterocycles. The van der Waals surface area contributed by atoms with Crippen LogP contribution in [0.2, 0.25) is 0 Å². The van der Waals surface area contributed by atoms with Crippen LogP contribution >= 0.6 is 27.5 Å². The Morgan fingerprint density at radius 1 is 1.43 bits per heavy atom. The number of carbonyl (C=O) groups excluding carboxylic acids is 1. The zero-order valence-corrected chi connectivity index (χ0v) is 8.87. The van der Waals surface area contributed by atoms with Crippen LogP contribution in [0.15, 0.2) is 22.7 Å². The van der Waals surface area contributed by atoms with Crippen LogP contribution in [0.25, 0.3) is 0 Å². The van der Waals surface area contributed by atoms with Gasteiger partial charge in [0.15, 0.2) is 0 Å². The van der Waals surface area contributed by atoms with Crippen molar-refractivity contribution >= 4 is 33.3 Å². The van der Waals surface area contributed by atoms with Gasteiger partial charge in [-0.1, -0.05) is 15.9 Å². The third kappa shape index (κ3) is 2.48. The van der Waals surface area contributed by atoms with E-state index in [0.29, 0.717) is 4.47 Å². The van der Waals surface area contributed by atoms with Crippen LogP contribution in [0.4, 0.5) is 13.2 Å². The quantitative estimate of drug-likeness (QED) is 0.600. The minimum atomic E-state index is -4.07. The second kappa shape index (κ2) is 3.90. The zero-order chi connectivity index (χ0) is 10.9. The van der Waals surface area contributed by atoms with Crippen LogP contribution in [0.5, 0.6) is 0 Å². The molecule has 0 fully saturated rings. The molecule has 0 atom stereocenters. The highest BCUT2D eigenvalue weighted by Gasteiger charge is 2.37. The second-order valence-corrected chi connectivity index (χ2v) is 3.84. The number of carbonyl (C=O) groups is 1. The van der Waals surface area contributed by atoms with Crippen molar-refractivity contribution in [2.24, 2.45) is 0 Å². The largest absolute Gasteiger partial charge is 0.385 e. The van der Waals surface area contributed by atoms with E-state index in [-0.39, 0.29) is 0 Å². The molecule has 14 heavy (non-hydrogen) atoms. The van der Waals surface area contributed by atoms with Gasteiger partial charge in [0, 0.05) is 4.47 Å². The molecule has 0 aliphatic heterocycles. The second-order valence-electron chi connectivity index (χ2n) is 2.45. The first kappa shape index (κ1) is 11.5. The smallest absolute Gasteiger partial charge is 0.286 e. The summed E-state index contributed by atoms with van der Waals surface area (Å²) in [5.74, 6) is -2.78. The number of hydrogen-bond acceptors (Lipinski definition) is 1. The Hall–Kier alpha value is -0.550. The maximum atomic E-state index is 13.0. The van der Waals surface area contributed by atoms with E-state index in [1.807, 2.05) is 0 Å². The van der Waals surface area contributed by atoms with Gasteiger partial charge < -0.3 is 0 Å². The summed E-state index contributed by atoms with van der Waals surface area (Å²) in [6, 6.07) is 3.13. The summed E-state index contributed by atoms with van der Waals surface area (Å²) in [6.07, 6.45) is 0. The van der Waals surface area contributed by atoms with Gasteiger partial charge in [-0.05, 0) is 29.8 Å². The molecule has 0 N–H and O–H groups in total. The lowest BCUT2D eigenvalue weighted by molar-refractivity contribution is 0.0531. The molecule has 0 radical (unpaired) electrons. The zero-order valence-electron chi connectivity index (χ0n) is 6.53. The van der Waals surface area contributed by atoms with Gasteiger partial charge in [0.2, 0.25) is 0 Å². The van der Waals surface area contributed by atoms with Crippen molar-refractivity contribution in [2.75, 3.05) is 0 Å². The molecule has 6 heteroatoms. The van der Waals surface area contributed by atoms with E-state index in [9.17, 15) is 18.0 Å². The summed E-state index contributed by atoms with van der Waals surface area (Å²) >= 11 is 7.39. The first-order chi connectivity index (χ1) is 6.32. The van der Waals surface area contributed by atoms with Crippen LogP contribution in [0.3, 0.4) is 0 Å². The molecule has 0 aliphatic carbocycles. The molecule has 1 aromatic carbocycles. The summed E-state index contributed by atoms with van der Waals surface area (Å²) in [5, 5.41) is -4.07. The average molecular weight is 287 g/mol. The molecule has 0 aromatic heterocycles. The van der Waals surface area contributed by atoms with E-state index in [2.05, 4.69) is 27.5 Å². The summed E-state index contributed by atoms with van der Waals surface area (Å²) in [6.45, 7) is 0. The van der Waals surface area contributed by atoms with Crippen molar-refractivity contribution in [2.45, 2.75) is 5.38 Å². The standard InChI is InChI=1S/C8H3BrClF3O/c9-4-1-2-5(6(11)3-4)7(14)8(10,12)13/h1-3H. The highest BCUT2D eigenvalue weighted by Crippen LogP contribution is 2.26. The van der Waals surface area contributed by atoms with Gasteiger partial charge in [-0.25, -0.2) is 4.39 Å². The lowest BCUT2D eigenvalue weighted by Crippen LogP contribution is -2.22. The number of Topliss-reactive ketones (excluding diaryl/α,β-unsaturated/α-hetero) is 1. The predicted octanol–water partition coefficient (Wildman–Crippen LogP) is 3.60. The highest BCUT2D eigenvalue weighted by molar-refractivity contribution is 9.10. The molecule has 0 saturated carbocycles. The SMILES string of the molecule is O=C(c1ccc(Br)cc1F)C(F)(F)Cl. The van der Waals surface area contributed by atoms with Crippen LogP contribution in [0.1, 0.15) is 10.4 Å². The van der Waals surface area contributed by atoms with E-state index >= 15 is 0 Å². The predicted molar refractivity (Wildman–Crippen MR) is 49.2 cm³/mol. The van der Waals surface area contributed by atoms with Crippen LogP contribution in [0, 0.1) is 5.82 Å². The Morgan fingerprint density at radius 2 is 2.00 bits per heavy atom. The maximum Gasteiger partial charge on any atom is 0.385 e. The minimum Gasteiger partial charge on any atom is -0.286 e. The molecular formula is C8H3BrClF3O. The van der Waals surface area contributed by atoms with E-state index in [0.717, 1.165) is 12.1 Å². The third-order valence-corrected chi connectivity index (χ3v) is 2.10. The first-order valence-electron chi connectivity index (χ1n) is 3.39. The van der Waals surface area contributed by atoms with Gasteiger partial charge >= 0.3 is 5.38 Å². The van der Waals surface area contributed by atoms with Gasteiger partial charge in [-0.3, -0.25) is 4.79 Å². The summed E-state index contributed by atoms with van der Waals surface area (Å²) in [4.78, 5) is 10.9. The van der Waals surface area contributed by atoms with Crippen LogP contribution in [-0.2, 0) is 0 Å². The summed E-state index contributed by atoms with van der Waals surface area (Å²) < 4.78 is 38.0. The molecule has 0 amide bonds. The lowest BCUT2D eigenvalue weighted by Gasteiger charge is -2.07. The fourth-order valence-electron chi connectivity index (χ4n) is 0.826. The molecule has 0 spiro atoms. The molecule has 76 valence electrons. The molecule has 0 unspecified atom stereocenters. The Balaban J connectivity index is 3.15. The Kier molecular flexibility index (Phi) is 3.21. The fourth-order valence-corrected chi connectivity index (χ4v) is 1.26. The number of alkyl halides is 3. The molecular weight excluding hydrogens is 284 g/mol. The fraction of sp³-hybridized carbons (Fsp3) is 0.125. The number of rotatable bonds is 2. The Morgan fingerprint density at radius 3 is 2.43 bits per heavy atom. The van der Waals surface area contributed by atoms with E-state index < -0.39 is 22.5 Å². The number of hydrogen-bond donors (Lipinski definition) is 0. The van der Waals surface area contributed by atoms with Crippen molar-refractivity contribution < 1.29 is 18.0 Å². The average Bonchev–Trinajstić information content (AvgIpc) is 2.01. The summed E-state index contributed by atoms with van der Waals surface area (Å²) in [7, 11) is 0. The molecule has 0 heterocycles. The van der Waals surface area contributed by atoms with Crippen molar-refractivity contribution in [1.82, 2.24) is 0 Å². The topological polar surface area (TPSA) is 17.1 Å². The molecule has 0 aliphatic rings. The molecule has 1 rings (SSSR count). The number of benzene rings is 1. The van der Waals surface area contributed by atoms with E-state index in [1.54, 1.807) is 0 Å². The molecule has 0 bridgehead atoms. The van der Waals surface area contributed by atoms with Gasteiger partial charge in [0.05, 0.1) is 5.56 Å². The number of ketones is 1. The van der Waals surface area contributed by atoms with Gasteiger partial charge in [-0.15, -0.1) is 0 Å². The highest BCUT2D eigenvalue weighted by atomic mass is 79.9. The van der Waals surface area contributed by atoms with Crippen molar-refractivity contribution in [3.05, 3.63) is 34.1 Å². The summed E-state index contributed by atoms with van der Waals surface area (Å²) in [5.41, 5.74) is -0.729. The van der Waals surface area contributed by atoms with Gasteiger partial charge in [0.1, 0.15) is 5.82 Å². The van der Waals surface area contributed by atoms with Crippen molar-refractivity contribution in [3.8, 4) is 0 Å². The van der Waals surface area contributed by atoms with Crippen LogP contribution in [-0.4, -0.2) is 11.2 Å². The van der Waals surface area contributed by atoms with Gasteiger partial charge in [0.25, 0.3) is 5.78 Å². The number of halogens is 5. The van der Waals surface area contributed by atoms with Gasteiger partial charge in [-0.2, -0.15) is 8.78 Å². The molecule has 1 aromatic rings. The first-order valence-corrected chi connectivity index (χ1v) is 4.56. The lowest BCUT2D eigenvalue weighted by atomic mass is 10.1. The van der Waals surface area contributed by atoms with E-state index in [4.69, 9.17) is 0 Å².